The van der Waals surface area contributed by atoms with Crippen LogP contribution in [-0.4, -0.2) is 60.5 Å². The van der Waals surface area contributed by atoms with Gasteiger partial charge in [-0.05, 0) is 25.5 Å². The number of aryl methyl sites for hydroxylation is 1. The monoisotopic (exact) mass is 302 g/mol. The highest BCUT2D eigenvalue weighted by atomic mass is 16.5. The van der Waals surface area contributed by atoms with Crippen molar-refractivity contribution in [2.45, 2.75) is 25.8 Å². The first-order valence-corrected chi connectivity index (χ1v) is 7.92. The van der Waals surface area contributed by atoms with Crippen molar-refractivity contribution in [3.63, 3.8) is 0 Å². The van der Waals surface area contributed by atoms with Crippen LogP contribution < -0.4 is 0 Å². The molecule has 0 saturated carbocycles. The molecule has 2 aliphatic rings. The zero-order chi connectivity index (χ0) is 15.5. The Hall–Kier alpha value is -1.88. The average Bonchev–Trinajstić information content (AvgIpc) is 2.80. The molecule has 2 fully saturated rings. The van der Waals surface area contributed by atoms with E-state index in [0.717, 1.165) is 43.6 Å². The van der Waals surface area contributed by atoms with Crippen molar-refractivity contribution < 1.29 is 14.3 Å². The van der Waals surface area contributed by atoms with Crippen LogP contribution in [0.5, 0.6) is 0 Å². The first kappa shape index (κ1) is 15.0. The van der Waals surface area contributed by atoms with E-state index in [0.29, 0.717) is 13.2 Å². The fourth-order valence-electron chi connectivity index (χ4n) is 3.23. The first-order chi connectivity index (χ1) is 10.6. The van der Waals surface area contributed by atoms with Gasteiger partial charge in [0.15, 0.2) is 0 Å². The summed E-state index contributed by atoms with van der Waals surface area (Å²) in [5.74, 6) is -0.0296. The molecule has 5 heteroatoms. The van der Waals surface area contributed by atoms with E-state index < -0.39 is 0 Å². The lowest BCUT2D eigenvalue weighted by Crippen LogP contribution is -2.41. The van der Waals surface area contributed by atoms with E-state index in [-0.39, 0.29) is 17.9 Å². The molecule has 0 radical (unpaired) electrons. The third-order valence-electron chi connectivity index (χ3n) is 4.43. The Kier molecular flexibility index (Phi) is 4.43. The van der Waals surface area contributed by atoms with Gasteiger partial charge in [-0.1, -0.05) is 17.7 Å². The minimum atomic E-state index is -0.117. The molecule has 0 aromatic heterocycles. The number of nitrogens with zero attached hydrogens (tertiary/aromatic N) is 2. The Balaban J connectivity index is 1.65. The van der Waals surface area contributed by atoms with Gasteiger partial charge < -0.3 is 9.64 Å². The molecule has 1 atom stereocenters. The number of carbonyl (C=O) groups is 2. The molecule has 0 spiro atoms. The lowest BCUT2D eigenvalue weighted by atomic mass is 10.1. The molecule has 3 rings (SSSR count). The van der Waals surface area contributed by atoms with Gasteiger partial charge in [-0.3, -0.25) is 14.5 Å². The highest BCUT2D eigenvalue weighted by molar-refractivity contribution is 5.94. The molecule has 0 unspecified atom stereocenters. The smallest absolute Gasteiger partial charge is 0.323 e. The molecular formula is C17H22N2O3. The van der Waals surface area contributed by atoms with Gasteiger partial charge >= 0.3 is 5.97 Å². The van der Waals surface area contributed by atoms with Crippen molar-refractivity contribution >= 4 is 11.9 Å². The summed E-state index contributed by atoms with van der Waals surface area (Å²) in [4.78, 5) is 28.4. The normalized spacial score (nSPS) is 23.2. The fraction of sp³-hybridized carbons (Fsp3) is 0.529. The third-order valence-corrected chi connectivity index (χ3v) is 4.43. The van der Waals surface area contributed by atoms with Crippen LogP contribution in [0, 0.1) is 6.92 Å². The molecular weight excluding hydrogens is 280 g/mol. The maximum absolute atomic E-state index is 12.6. The molecule has 2 aliphatic heterocycles. The summed E-state index contributed by atoms with van der Waals surface area (Å²) in [6, 6.07) is 7.59. The summed E-state index contributed by atoms with van der Waals surface area (Å²) in [6.07, 6.45) is 1.66. The van der Waals surface area contributed by atoms with Gasteiger partial charge in [0.25, 0.3) is 5.91 Å². The fourth-order valence-corrected chi connectivity index (χ4v) is 3.23. The second-order valence-corrected chi connectivity index (χ2v) is 6.02. The number of benzene rings is 1. The standard InChI is InChI=1S/C17H22N2O3/c1-13-4-2-5-14(12-13)16(20)19-8-3-7-18(9-10-19)15-6-11-22-17(15)21/h2,4-5,12,15H,3,6-11H2,1H3/t15-/m1/s1. The third kappa shape index (κ3) is 3.14. The van der Waals surface area contributed by atoms with E-state index in [9.17, 15) is 9.59 Å². The van der Waals surface area contributed by atoms with Crippen molar-refractivity contribution in [1.82, 2.24) is 9.80 Å². The van der Waals surface area contributed by atoms with Gasteiger partial charge in [0, 0.05) is 38.2 Å². The second kappa shape index (κ2) is 6.48. The molecule has 5 nitrogen and oxygen atoms in total. The van der Waals surface area contributed by atoms with Crippen LogP contribution in [0.2, 0.25) is 0 Å². The minimum Gasteiger partial charge on any atom is -0.464 e. The van der Waals surface area contributed by atoms with Gasteiger partial charge in [0.1, 0.15) is 6.04 Å². The van der Waals surface area contributed by atoms with Gasteiger partial charge in [0.2, 0.25) is 0 Å². The van der Waals surface area contributed by atoms with Crippen LogP contribution in [0.15, 0.2) is 24.3 Å². The van der Waals surface area contributed by atoms with Crippen molar-refractivity contribution in [3.05, 3.63) is 35.4 Å². The van der Waals surface area contributed by atoms with Gasteiger partial charge in [-0.25, -0.2) is 0 Å². The van der Waals surface area contributed by atoms with Gasteiger partial charge in [0.05, 0.1) is 6.61 Å². The summed E-state index contributed by atoms with van der Waals surface area (Å²) < 4.78 is 5.06. The van der Waals surface area contributed by atoms with Crippen LogP contribution in [0.4, 0.5) is 0 Å². The predicted molar refractivity (Wildman–Crippen MR) is 82.6 cm³/mol. The second-order valence-electron chi connectivity index (χ2n) is 6.02. The van der Waals surface area contributed by atoms with E-state index in [2.05, 4.69) is 4.90 Å². The topological polar surface area (TPSA) is 49.9 Å². The number of esters is 1. The largest absolute Gasteiger partial charge is 0.464 e. The molecule has 1 aromatic carbocycles. The number of amides is 1. The Bertz CT molecular complexity index is 573. The Morgan fingerprint density at radius 1 is 1.23 bits per heavy atom. The van der Waals surface area contributed by atoms with Crippen molar-refractivity contribution in [3.8, 4) is 0 Å². The van der Waals surface area contributed by atoms with Crippen molar-refractivity contribution in [1.29, 1.82) is 0 Å². The average molecular weight is 302 g/mol. The van der Waals surface area contributed by atoms with E-state index >= 15 is 0 Å². The number of cyclic esters (lactones) is 1. The minimum absolute atomic E-state index is 0.0829. The molecule has 0 N–H and O–H groups in total. The number of hydrogen-bond acceptors (Lipinski definition) is 4. The Morgan fingerprint density at radius 2 is 2.09 bits per heavy atom. The lowest BCUT2D eigenvalue weighted by Gasteiger charge is -2.24. The van der Waals surface area contributed by atoms with Gasteiger partial charge in [-0.2, -0.15) is 0 Å². The van der Waals surface area contributed by atoms with E-state index in [1.807, 2.05) is 36.1 Å². The SMILES string of the molecule is Cc1cccc(C(=O)N2CCCN([C@@H]3CCOC3=O)CC2)c1. The first-order valence-electron chi connectivity index (χ1n) is 7.92. The zero-order valence-corrected chi connectivity index (χ0v) is 13.0. The van der Waals surface area contributed by atoms with Crippen LogP contribution >= 0.6 is 0 Å². The maximum Gasteiger partial charge on any atom is 0.323 e. The predicted octanol–water partition coefficient (Wildman–Crippen LogP) is 1.46. The number of carbonyl (C=O) groups excluding carboxylic acids is 2. The van der Waals surface area contributed by atoms with E-state index in [4.69, 9.17) is 4.74 Å². The summed E-state index contributed by atoms with van der Waals surface area (Å²) in [7, 11) is 0. The molecule has 2 saturated heterocycles. The zero-order valence-electron chi connectivity index (χ0n) is 13.0. The van der Waals surface area contributed by atoms with Crippen molar-refractivity contribution in [2.75, 3.05) is 32.8 Å². The van der Waals surface area contributed by atoms with Crippen LogP contribution in [0.3, 0.4) is 0 Å². The van der Waals surface area contributed by atoms with Crippen LogP contribution in [0.1, 0.15) is 28.8 Å². The van der Waals surface area contributed by atoms with Crippen LogP contribution in [0.25, 0.3) is 0 Å². The van der Waals surface area contributed by atoms with E-state index in [1.165, 1.54) is 0 Å². The van der Waals surface area contributed by atoms with Crippen molar-refractivity contribution in [2.24, 2.45) is 0 Å². The molecule has 22 heavy (non-hydrogen) atoms. The summed E-state index contributed by atoms with van der Waals surface area (Å²) >= 11 is 0. The van der Waals surface area contributed by atoms with E-state index in [1.54, 1.807) is 0 Å². The quantitative estimate of drug-likeness (QED) is 0.776. The van der Waals surface area contributed by atoms with Crippen LogP contribution in [-0.2, 0) is 9.53 Å². The summed E-state index contributed by atoms with van der Waals surface area (Å²) in [6.45, 7) is 5.49. The van der Waals surface area contributed by atoms with Gasteiger partial charge in [-0.15, -0.1) is 0 Å². The molecule has 1 aromatic rings. The molecule has 1 amide bonds. The number of hydrogen-bond donors (Lipinski definition) is 0. The Morgan fingerprint density at radius 3 is 2.82 bits per heavy atom. The number of rotatable bonds is 2. The highest BCUT2D eigenvalue weighted by Crippen LogP contribution is 2.17. The summed E-state index contributed by atoms with van der Waals surface area (Å²) in [5.41, 5.74) is 1.84. The molecule has 118 valence electrons. The lowest BCUT2D eigenvalue weighted by molar-refractivity contribution is -0.142. The highest BCUT2D eigenvalue weighted by Gasteiger charge is 2.33. The number of ether oxygens (including phenoxy) is 1. The Labute approximate surface area is 130 Å². The molecule has 2 heterocycles. The maximum atomic E-state index is 12.6. The molecule has 0 bridgehead atoms. The summed E-state index contributed by atoms with van der Waals surface area (Å²) in [5, 5.41) is 0. The molecule has 0 aliphatic carbocycles.